The Kier molecular flexibility index (Phi) is 2.97. The van der Waals surface area contributed by atoms with Crippen LogP contribution in [0.5, 0.6) is 0 Å². The van der Waals surface area contributed by atoms with E-state index in [2.05, 4.69) is 0 Å². The third-order valence-electron chi connectivity index (χ3n) is 2.22. The molecule has 0 aliphatic carbocycles. The quantitative estimate of drug-likeness (QED) is 0.808. The molecule has 0 saturated carbocycles. The Morgan fingerprint density at radius 2 is 1.93 bits per heavy atom. The van der Waals surface area contributed by atoms with Gasteiger partial charge in [-0.05, 0) is 31.0 Å². The van der Waals surface area contributed by atoms with Crippen molar-refractivity contribution in [2.75, 3.05) is 6.26 Å². The monoisotopic (exact) mass is 213 g/mol. The minimum absolute atomic E-state index is 0.142. The highest BCUT2D eigenvalue weighted by atomic mass is 32.2. The second-order valence-electron chi connectivity index (χ2n) is 3.53. The first-order valence-corrected chi connectivity index (χ1v) is 6.28. The maximum Gasteiger partial charge on any atom is 0.175 e. The molecule has 14 heavy (non-hydrogen) atoms. The van der Waals surface area contributed by atoms with E-state index in [-0.39, 0.29) is 6.04 Å². The van der Waals surface area contributed by atoms with Gasteiger partial charge in [-0.25, -0.2) is 8.42 Å². The lowest BCUT2D eigenvalue weighted by molar-refractivity contribution is 0.601. The van der Waals surface area contributed by atoms with Crippen molar-refractivity contribution in [3.63, 3.8) is 0 Å². The summed E-state index contributed by atoms with van der Waals surface area (Å²) in [5.41, 5.74) is 7.37. The summed E-state index contributed by atoms with van der Waals surface area (Å²) in [6, 6.07) is 5.05. The van der Waals surface area contributed by atoms with E-state index >= 15 is 0 Å². The number of nitrogens with two attached hydrogens (primary N) is 1. The van der Waals surface area contributed by atoms with Gasteiger partial charge in [-0.15, -0.1) is 0 Å². The minimum atomic E-state index is -3.15. The summed E-state index contributed by atoms with van der Waals surface area (Å²) in [5.74, 6) is 0. The number of benzene rings is 1. The highest BCUT2D eigenvalue weighted by Gasteiger charge is 2.14. The van der Waals surface area contributed by atoms with Crippen LogP contribution in [0.2, 0.25) is 0 Å². The Morgan fingerprint density at radius 1 is 1.36 bits per heavy atom. The highest BCUT2D eigenvalue weighted by molar-refractivity contribution is 7.90. The van der Waals surface area contributed by atoms with Gasteiger partial charge in [0, 0.05) is 12.3 Å². The molecule has 1 aromatic rings. The van der Waals surface area contributed by atoms with Gasteiger partial charge >= 0.3 is 0 Å². The van der Waals surface area contributed by atoms with Gasteiger partial charge < -0.3 is 5.73 Å². The summed E-state index contributed by atoms with van der Waals surface area (Å²) in [7, 11) is -3.15. The van der Waals surface area contributed by atoms with E-state index in [4.69, 9.17) is 5.73 Å². The molecule has 0 aromatic heterocycles. The van der Waals surface area contributed by atoms with E-state index in [0.717, 1.165) is 11.1 Å². The molecule has 2 N–H and O–H groups in total. The van der Waals surface area contributed by atoms with Crippen LogP contribution in [0, 0.1) is 6.92 Å². The van der Waals surface area contributed by atoms with Gasteiger partial charge in [0.2, 0.25) is 0 Å². The topological polar surface area (TPSA) is 60.2 Å². The molecule has 0 spiro atoms. The Balaban J connectivity index is 3.43. The Hall–Kier alpha value is -0.870. The first kappa shape index (κ1) is 11.2. The van der Waals surface area contributed by atoms with Crippen LogP contribution in [0.25, 0.3) is 0 Å². The molecule has 0 fully saturated rings. The fourth-order valence-electron chi connectivity index (χ4n) is 1.53. The van der Waals surface area contributed by atoms with Crippen molar-refractivity contribution in [1.29, 1.82) is 0 Å². The molecule has 0 saturated heterocycles. The van der Waals surface area contributed by atoms with E-state index < -0.39 is 9.84 Å². The lowest BCUT2D eigenvalue weighted by Crippen LogP contribution is -2.10. The van der Waals surface area contributed by atoms with Crippen molar-refractivity contribution in [2.45, 2.75) is 24.8 Å². The molecule has 78 valence electrons. The molecule has 0 radical (unpaired) electrons. The van der Waals surface area contributed by atoms with Crippen molar-refractivity contribution in [2.24, 2.45) is 5.73 Å². The van der Waals surface area contributed by atoms with E-state index in [0.29, 0.717) is 4.90 Å². The van der Waals surface area contributed by atoms with Crippen LogP contribution in [-0.2, 0) is 9.84 Å². The Bertz CT molecular complexity index is 435. The van der Waals surface area contributed by atoms with E-state index in [9.17, 15) is 8.42 Å². The molecule has 0 heterocycles. The largest absolute Gasteiger partial charge is 0.324 e. The van der Waals surface area contributed by atoms with Crippen LogP contribution in [-0.4, -0.2) is 14.7 Å². The lowest BCUT2D eigenvalue weighted by atomic mass is 10.0. The van der Waals surface area contributed by atoms with E-state index in [1.807, 2.05) is 13.0 Å². The third-order valence-corrected chi connectivity index (χ3v) is 3.46. The van der Waals surface area contributed by atoms with Crippen LogP contribution in [0.1, 0.15) is 24.1 Å². The van der Waals surface area contributed by atoms with Gasteiger partial charge in [-0.2, -0.15) is 0 Å². The molecule has 0 bridgehead atoms. The maximum absolute atomic E-state index is 11.4. The molecule has 3 nitrogen and oxygen atoms in total. The molecule has 0 aliphatic heterocycles. The van der Waals surface area contributed by atoms with E-state index in [1.54, 1.807) is 19.1 Å². The van der Waals surface area contributed by atoms with Crippen LogP contribution in [0.4, 0.5) is 0 Å². The van der Waals surface area contributed by atoms with Gasteiger partial charge in [0.25, 0.3) is 0 Å². The van der Waals surface area contributed by atoms with Gasteiger partial charge in [0.15, 0.2) is 9.84 Å². The Morgan fingerprint density at radius 3 is 2.36 bits per heavy atom. The molecular formula is C10H15NO2S. The van der Waals surface area contributed by atoms with Crippen LogP contribution >= 0.6 is 0 Å². The first-order valence-electron chi connectivity index (χ1n) is 4.39. The third kappa shape index (κ3) is 2.13. The summed E-state index contributed by atoms with van der Waals surface area (Å²) in [6.45, 7) is 3.63. The Labute approximate surface area is 84.9 Å². The van der Waals surface area contributed by atoms with E-state index in [1.165, 1.54) is 6.26 Å². The second kappa shape index (κ2) is 3.71. The molecule has 0 aliphatic rings. The summed E-state index contributed by atoms with van der Waals surface area (Å²) in [6.07, 6.45) is 1.21. The standard InChI is InChI=1S/C10H15NO2S/c1-7-9(8(2)11)5-4-6-10(7)14(3,12)13/h4-6,8H,11H2,1-3H3/t8-/m1/s1. The maximum atomic E-state index is 11.4. The number of sulfone groups is 1. The summed E-state index contributed by atoms with van der Waals surface area (Å²) in [4.78, 5) is 0.368. The fraction of sp³-hybridized carbons (Fsp3) is 0.400. The van der Waals surface area contributed by atoms with Crippen LogP contribution < -0.4 is 5.73 Å². The minimum Gasteiger partial charge on any atom is -0.324 e. The van der Waals surface area contributed by atoms with Gasteiger partial charge in [-0.3, -0.25) is 0 Å². The normalized spacial score (nSPS) is 14.0. The van der Waals surface area contributed by atoms with Gasteiger partial charge in [-0.1, -0.05) is 12.1 Å². The predicted octanol–water partition coefficient (Wildman–Crippen LogP) is 1.42. The number of rotatable bonds is 2. The molecule has 1 rings (SSSR count). The molecule has 0 amide bonds. The zero-order valence-corrected chi connectivity index (χ0v) is 9.43. The fourth-order valence-corrected chi connectivity index (χ4v) is 2.53. The molecule has 0 unspecified atom stereocenters. The first-order chi connectivity index (χ1) is 6.34. The van der Waals surface area contributed by atoms with Crippen LogP contribution in [0.15, 0.2) is 23.1 Å². The summed E-state index contributed by atoms with van der Waals surface area (Å²) >= 11 is 0. The lowest BCUT2D eigenvalue weighted by Gasteiger charge is -2.12. The smallest absolute Gasteiger partial charge is 0.175 e. The van der Waals surface area contributed by atoms with Crippen molar-refractivity contribution in [1.82, 2.24) is 0 Å². The summed E-state index contributed by atoms with van der Waals surface area (Å²) in [5, 5.41) is 0. The average molecular weight is 213 g/mol. The van der Waals surface area contributed by atoms with Gasteiger partial charge in [0.1, 0.15) is 0 Å². The van der Waals surface area contributed by atoms with Crippen molar-refractivity contribution in [3.05, 3.63) is 29.3 Å². The zero-order chi connectivity index (χ0) is 10.9. The molecule has 1 aromatic carbocycles. The summed E-state index contributed by atoms with van der Waals surface area (Å²) < 4.78 is 22.8. The zero-order valence-electron chi connectivity index (χ0n) is 8.61. The van der Waals surface area contributed by atoms with Crippen molar-refractivity contribution >= 4 is 9.84 Å². The highest BCUT2D eigenvalue weighted by Crippen LogP contribution is 2.22. The number of hydrogen-bond donors (Lipinski definition) is 1. The second-order valence-corrected chi connectivity index (χ2v) is 5.52. The van der Waals surface area contributed by atoms with Crippen molar-refractivity contribution < 1.29 is 8.42 Å². The predicted molar refractivity (Wildman–Crippen MR) is 56.9 cm³/mol. The average Bonchev–Trinajstić information content (AvgIpc) is 2.01. The van der Waals surface area contributed by atoms with Gasteiger partial charge in [0.05, 0.1) is 4.90 Å². The molecular weight excluding hydrogens is 198 g/mol. The SMILES string of the molecule is Cc1c([C@@H](C)N)cccc1S(C)(=O)=O. The van der Waals surface area contributed by atoms with Crippen molar-refractivity contribution in [3.8, 4) is 0 Å². The molecule has 1 atom stereocenters. The number of hydrogen-bond acceptors (Lipinski definition) is 3. The molecule has 4 heteroatoms. The van der Waals surface area contributed by atoms with Crippen LogP contribution in [0.3, 0.4) is 0 Å².